The summed E-state index contributed by atoms with van der Waals surface area (Å²) in [4.78, 5) is 1.82. The number of nitrogens with zero attached hydrogens (tertiary/aromatic N) is 1. The Morgan fingerprint density at radius 2 is 1.23 bits per heavy atom. The summed E-state index contributed by atoms with van der Waals surface area (Å²) in [6.07, 6.45) is 0. The average Bonchev–Trinajstić information content (AvgIpc) is 2.48. The minimum Gasteiger partial charge on any atom is -0.289 e. The Bertz CT molecular complexity index is 511. The van der Waals surface area contributed by atoms with Crippen LogP contribution in [0.5, 0.6) is 0 Å². The van der Waals surface area contributed by atoms with Crippen molar-refractivity contribution >= 4 is 0 Å². The summed E-state index contributed by atoms with van der Waals surface area (Å²) in [5.74, 6) is -3.36. The van der Waals surface area contributed by atoms with Crippen LogP contribution in [0.4, 0.5) is 8.78 Å². The number of alkyl halides is 2. The minimum absolute atomic E-state index is 0.228. The summed E-state index contributed by atoms with van der Waals surface area (Å²) in [6.45, 7) is 3.97. The fourth-order valence-electron chi connectivity index (χ4n) is 2.33. The lowest BCUT2D eigenvalue weighted by Gasteiger charge is -2.29. The summed E-state index contributed by atoms with van der Waals surface area (Å²) in [6, 6.07) is 19.6. The van der Waals surface area contributed by atoms with Gasteiger partial charge in [0, 0.05) is 19.0 Å². The lowest BCUT2D eigenvalue weighted by Crippen LogP contribution is -2.39. The van der Waals surface area contributed by atoms with Crippen molar-refractivity contribution in [2.75, 3.05) is 6.54 Å². The molecule has 0 radical (unpaired) electrons. The zero-order chi connectivity index (χ0) is 16.0. The molecule has 0 aliphatic carbocycles. The Kier molecular flexibility index (Phi) is 5.67. The molecule has 0 heterocycles. The predicted octanol–water partition coefficient (Wildman–Crippen LogP) is 4.98. The van der Waals surface area contributed by atoms with Gasteiger partial charge in [0.2, 0.25) is 0 Å². The second-order valence-corrected chi connectivity index (χ2v) is 6.03. The molecule has 0 fully saturated rings. The van der Waals surface area contributed by atoms with Crippen LogP contribution in [-0.2, 0) is 13.1 Å². The molecule has 118 valence electrons. The molecule has 0 aromatic heterocycles. The van der Waals surface area contributed by atoms with Crippen molar-refractivity contribution in [3.8, 4) is 0 Å². The molecule has 3 heteroatoms. The van der Waals surface area contributed by atoms with E-state index in [4.69, 9.17) is 0 Å². The van der Waals surface area contributed by atoms with Crippen molar-refractivity contribution in [3.63, 3.8) is 0 Å². The zero-order valence-corrected chi connectivity index (χ0v) is 13.2. The summed E-state index contributed by atoms with van der Waals surface area (Å²) in [5, 5.41) is 0. The monoisotopic (exact) mass is 303 g/mol. The Hall–Kier alpha value is -1.74. The van der Waals surface area contributed by atoms with E-state index in [1.807, 2.05) is 65.6 Å². The van der Waals surface area contributed by atoms with Crippen LogP contribution in [0, 0.1) is 5.92 Å². The van der Waals surface area contributed by atoms with E-state index in [2.05, 4.69) is 0 Å². The number of halogens is 2. The van der Waals surface area contributed by atoms with Gasteiger partial charge in [-0.15, -0.1) is 0 Å². The van der Waals surface area contributed by atoms with E-state index in [9.17, 15) is 8.78 Å². The lowest BCUT2D eigenvalue weighted by atomic mass is 10.0. The van der Waals surface area contributed by atoms with Crippen LogP contribution in [0.2, 0.25) is 0 Å². The highest BCUT2D eigenvalue weighted by molar-refractivity contribution is 5.17. The molecule has 0 saturated carbocycles. The van der Waals surface area contributed by atoms with E-state index >= 15 is 0 Å². The van der Waals surface area contributed by atoms with Gasteiger partial charge in [-0.1, -0.05) is 74.5 Å². The molecule has 2 aromatic carbocycles. The van der Waals surface area contributed by atoms with Gasteiger partial charge in [-0.05, 0) is 11.1 Å². The number of hydrogen-bond acceptors (Lipinski definition) is 1. The molecule has 0 aliphatic heterocycles. The van der Waals surface area contributed by atoms with Gasteiger partial charge >= 0.3 is 0 Å². The van der Waals surface area contributed by atoms with Gasteiger partial charge in [0.1, 0.15) is 0 Å². The quantitative estimate of drug-likeness (QED) is 0.697. The standard InChI is InChI=1S/C19H23F2N/c1-16(2)19(20,21)15-22(13-17-9-5-3-6-10-17)14-18-11-7-4-8-12-18/h3-12,16H,13-15H2,1-2H3. The van der Waals surface area contributed by atoms with E-state index in [0.29, 0.717) is 13.1 Å². The first-order valence-corrected chi connectivity index (χ1v) is 7.65. The maximum Gasteiger partial charge on any atom is 0.262 e. The predicted molar refractivity (Wildman–Crippen MR) is 86.8 cm³/mol. The van der Waals surface area contributed by atoms with Crippen molar-refractivity contribution in [2.24, 2.45) is 5.92 Å². The third kappa shape index (κ3) is 4.92. The van der Waals surface area contributed by atoms with E-state index < -0.39 is 11.8 Å². The second kappa shape index (κ2) is 7.50. The lowest BCUT2D eigenvalue weighted by molar-refractivity contribution is -0.0741. The molecular weight excluding hydrogens is 280 g/mol. The highest BCUT2D eigenvalue weighted by Crippen LogP contribution is 2.26. The number of rotatable bonds is 7. The molecule has 0 unspecified atom stereocenters. The first-order valence-electron chi connectivity index (χ1n) is 7.65. The van der Waals surface area contributed by atoms with Crippen LogP contribution in [-0.4, -0.2) is 17.4 Å². The minimum atomic E-state index is -2.69. The Labute approximate surface area is 131 Å². The first-order chi connectivity index (χ1) is 10.5. The second-order valence-electron chi connectivity index (χ2n) is 6.03. The number of benzene rings is 2. The summed E-state index contributed by atoms with van der Waals surface area (Å²) < 4.78 is 28.3. The Morgan fingerprint density at radius 3 is 1.59 bits per heavy atom. The van der Waals surface area contributed by atoms with Gasteiger partial charge in [-0.3, -0.25) is 4.90 Å². The van der Waals surface area contributed by atoms with E-state index in [-0.39, 0.29) is 6.54 Å². The maximum absolute atomic E-state index is 14.2. The summed E-state index contributed by atoms with van der Waals surface area (Å²) in [7, 11) is 0. The van der Waals surface area contributed by atoms with Gasteiger partial charge in [0.15, 0.2) is 0 Å². The van der Waals surface area contributed by atoms with E-state index in [0.717, 1.165) is 11.1 Å². The van der Waals surface area contributed by atoms with Gasteiger partial charge in [-0.2, -0.15) is 0 Å². The van der Waals surface area contributed by atoms with Crippen LogP contribution in [0.25, 0.3) is 0 Å². The molecule has 0 saturated heterocycles. The fraction of sp³-hybridized carbons (Fsp3) is 0.368. The fourth-order valence-corrected chi connectivity index (χ4v) is 2.33. The average molecular weight is 303 g/mol. The molecule has 0 aliphatic rings. The number of hydrogen-bond donors (Lipinski definition) is 0. The zero-order valence-electron chi connectivity index (χ0n) is 13.2. The summed E-state index contributed by atoms with van der Waals surface area (Å²) in [5.41, 5.74) is 2.11. The highest BCUT2D eigenvalue weighted by atomic mass is 19.3. The molecule has 2 rings (SSSR count). The van der Waals surface area contributed by atoms with Crippen molar-refractivity contribution in [3.05, 3.63) is 71.8 Å². The maximum atomic E-state index is 14.2. The van der Waals surface area contributed by atoms with Crippen molar-refractivity contribution in [2.45, 2.75) is 32.9 Å². The highest BCUT2D eigenvalue weighted by Gasteiger charge is 2.35. The van der Waals surface area contributed by atoms with Gasteiger partial charge in [0.05, 0.1) is 6.54 Å². The van der Waals surface area contributed by atoms with Crippen LogP contribution in [0.3, 0.4) is 0 Å². The van der Waals surface area contributed by atoms with Crippen molar-refractivity contribution in [1.82, 2.24) is 4.90 Å². The molecule has 0 bridgehead atoms. The Morgan fingerprint density at radius 1 is 0.818 bits per heavy atom. The van der Waals surface area contributed by atoms with Crippen molar-refractivity contribution < 1.29 is 8.78 Å². The van der Waals surface area contributed by atoms with E-state index in [1.54, 1.807) is 13.8 Å². The van der Waals surface area contributed by atoms with Crippen LogP contribution >= 0.6 is 0 Å². The molecule has 2 aromatic rings. The van der Waals surface area contributed by atoms with Crippen LogP contribution < -0.4 is 0 Å². The van der Waals surface area contributed by atoms with Crippen molar-refractivity contribution in [1.29, 1.82) is 0 Å². The Balaban J connectivity index is 2.13. The molecule has 22 heavy (non-hydrogen) atoms. The molecule has 0 amide bonds. The first kappa shape index (κ1) is 16.6. The largest absolute Gasteiger partial charge is 0.289 e. The summed E-state index contributed by atoms with van der Waals surface area (Å²) >= 11 is 0. The third-order valence-corrected chi connectivity index (χ3v) is 3.78. The van der Waals surface area contributed by atoms with Gasteiger partial charge in [-0.25, -0.2) is 8.78 Å². The van der Waals surface area contributed by atoms with E-state index in [1.165, 1.54) is 0 Å². The molecule has 1 nitrogen and oxygen atoms in total. The topological polar surface area (TPSA) is 3.24 Å². The molecular formula is C19H23F2N. The molecule has 0 spiro atoms. The SMILES string of the molecule is CC(C)C(F)(F)CN(Cc1ccccc1)Cc1ccccc1. The van der Waals surface area contributed by atoms with Gasteiger partial charge in [0.25, 0.3) is 5.92 Å². The third-order valence-electron chi connectivity index (χ3n) is 3.78. The smallest absolute Gasteiger partial charge is 0.262 e. The molecule has 0 N–H and O–H groups in total. The molecule has 0 atom stereocenters. The van der Waals surface area contributed by atoms with Crippen LogP contribution in [0.1, 0.15) is 25.0 Å². The van der Waals surface area contributed by atoms with Gasteiger partial charge < -0.3 is 0 Å². The van der Waals surface area contributed by atoms with Crippen LogP contribution in [0.15, 0.2) is 60.7 Å². The normalized spacial score (nSPS) is 12.1.